The van der Waals surface area contributed by atoms with E-state index in [4.69, 9.17) is 4.42 Å². The molecule has 2 nitrogen and oxygen atoms in total. The van der Waals surface area contributed by atoms with E-state index in [1.54, 1.807) is 0 Å². The van der Waals surface area contributed by atoms with E-state index in [-0.39, 0.29) is 0 Å². The minimum Gasteiger partial charge on any atom is -0.455 e. The molecular weight excluding hydrogens is 739 g/mol. The molecule has 2 heteroatoms. The highest BCUT2D eigenvalue weighted by Gasteiger charge is 2.51. The SMILES string of the molecule is c1ccc(-c2ccc(N(c3ccc4c(c3)C3(c5ccccc5-c5ccccc53)c3ccccc3-4)c3cc4oc5c6ccccc6ccc5c4cc3-c3ccccc3)cc2)cc1. The summed E-state index contributed by atoms with van der Waals surface area (Å²) in [7, 11) is 0. The molecule has 0 radical (unpaired) electrons. The van der Waals surface area contributed by atoms with Crippen molar-refractivity contribution in [1.29, 1.82) is 0 Å². The van der Waals surface area contributed by atoms with Crippen LogP contribution in [0.25, 0.3) is 77.2 Å². The molecule has 61 heavy (non-hydrogen) atoms. The molecule has 0 unspecified atom stereocenters. The fourth-order valence-electron chi connectivity index (χ4n) is 10.7. The number of rotatable bonds is 5. The maximum atomic E-state index is 6.94. The highest BCUT2D eigenvalue weighted by Crippen LogP contribution is 2.63. The van der Waals surface area contributed by atoms with Crippen LogP contribution in [0.5, 0.6) is 0 Å². The Morgan fingerprint density at radius 3 is 1.54 bits per heavy atom. The van der Waals surface area contributed by atoms with Crippen molar-refractivity contribution in [3.8, 4) is 44.5 Å². The summed E-state index contributed by atoms with van der Waals surface area (Å²) in [6.45, 7) is 0. The van der Waals surface area contributed by atoms with Crippen LogP contribution in [-0.2, 0) is 5.41 Å². The molecule has 1 heterocycles. The molecule has 0 saturated heterocycles. The van der Waals surface area contributed by atoms with Crippen molar-refractivity contribution in [3.05, 3.63) is 247 Å². The maximum absolute atomic E-state index is 6.94. The third-order valence-electron chi connectivity index (χ3n) is 13.3. The van der Waals surface area contributed by atoms with E-state index in [0.717, 1.165) is 55.5 Å². The summed E-state index contributed by atoms with van der Waals surface area (Å²) < 4.78 is 6.94. The zero-order valence-electron chi connectivity index (χ0n) is 33.2. The minimum absolute atomic E-state index is 0.468. The summed E-state index contributed by atoms with van der Waals surface area (Å²) >= 11 is 0. The van der Waals surface area contributed by atoms with Gasteiger partial charge in [-0.3, -0.25) is 0 Å². The second-order valence-corrected chi connectivity index (χ2v) is 16.4. The van der Waals surface area contributed by atoms with Crippen LogP contribution in [0.2, 0.25) is 0 Å². The zero-order chi connectivity index (χ0) is 40.1. The van der Waals surface area contributed by atoms with E-state index in [1.807, 2.05) is 0 Å². The van der Waals surface area contributed by atoms with Crippen molar-refractivity contribution in [1.82, 2.24) is 0 Å². The molecule has 11 aromatic rings. The van der Waals surface area contributed by atoms with Crippen molar-refractivity contribution >= 4 is 49.8 Å². The van der Waals surface area contributed by atoms with Gasteiger partial charge in [0.25, 0.3) is 0 Å². The molecule has 0 aliphatic heterocycles. The Morgan fingerprint density at radius 1 is 0.328 bits per heavy atom. The lowest BCUT2D eigenvalue weighted by Gasteiger charge is -2.32. The second kappa shape index (κ2) is 13.0. The monoisotopic (exact) mass is 775 g/mol. The van der Waals surface area contributed by atoms with Crippen molar-refractivity contribution in [3.63, 3.8) is 0 Å². The minimum atomic E-state index is -0.468. The van der Waals surface area contributed by atoms with Crippen molar-refractivity contribution in [2.45, 2.75) is 5.41 Å². The first-order chi connectivity index (χ1) is 30.3. The van der Waals surface area contributed by atoms with E-state index in [1.165, 1.54) is 61.0 Å². The Labute approximate surface area is 354 Å². The summed E-state index contributed by atoms with van der Waals surface area (Å²) in [5.74, 6) is 0. The predicted molar refractivity (Wildman–Crippen MR) is 253 cm³/mol. The molecule has 10 aromatic carbocycles. The number of hydrogen-bond acceptors (Lipinski definition) is 2. The first-order valence-electron chi connectivity index (χ1n) is 21.1. The molecule has 0 N–H and O–H groups in total. The Kier molecular flexibility index (Phi) is 7.26. The van der Waals surface area contributed by atoms with Gasteiger partial charge in [0.05, 0.1) is 11.1 Å². The zero-order valence-corrected chi connectivity index (χ0v) is 33.2. The number of furan rings is 1. The van der Waals surface area contributed by atoms with E-state index in [2.05, 4.69) is 229 Å². The Hall–Kier alpha value is -7.94. The normalized spacial score (nSPS) is 13.0. The fourth-order valence-corrected chi connectivity index (χ4v) is 10.7. The molecule has 2 aliphatic carbocycles. The van der Waals surface area contributed by atoms with Gasteiger partial charge in [0, 0.05) is 39.2 Å². The number of benzene rings is 10. The maximum Gasteiger partial charge on any atom is 0.143 e. The van der Waals surface area contributed by atoms with Crippen molar-refractivity contribution in [2.24, 2.45) is 0 Å². The number of anilines is 3. The van der Waals surface area contributed by atoms with E-state index < -0.39 is 5.41 Å². The van der Waals surface area contributed by atoms with Crippen molar-refractivity contribution in [2.75, 3.05) is 4.90 Å². The average Bonchev–Trinajstić information content (AvgIpc) is 3.96. The number of nitrogens with zero attached hydrogens (tertiary/aromatic N) is 1. The lowest BCUT2D eigenvalue weighted by Crippen LogP contribution is -2.26. The third-order valence-corrected chi connectivity index (χ3v) is 13.3. The van der Waals surface area contributed by atoms with E-state index in [0.29, 0.717) is 0 Å². The first kappa shape index (κ1) is 34.0. The van der Waals surface area contributed by atoms with Gasteiger partial charge in [-0.2, -0.15) is 0 Å². The Morgan fingerprint density at radius 2 is 0.869 bits per heavy atom. The van der Waals surface area contributed by atoms with Gasteiger partial charge in [0.2, 0.25) is 0 Å². The predicted octanol–water partition coefficient (Wildman–Crippen LogP) is 15.9. The van der Waals surface area contributed by atoms with Gasteiger partial charge in [-0.05, 0) is 103 Å². The van der Waals surface area contributed by atoms with Crippen LogP contribution in [0.15, 0.2) is 229 Å². The molecule has 1 aromatic heterocycles. The first-order valence-corrected chi connectivity index (χ1v) is 21.1. The molecule has 2 aliphatic rings. The van der Waals surface area contributed by atoms with Gasteiger partial charge >= 0.3 is 0 Å². The third kappa shape index (κ3) is 4.85. The van der Waals surface area contributed by atoms with Gasteiger partial charge in [-0.15, -0.1) is 0 Å². The smallest absolute Gasteiger partial charge is 0.143 e. The van der Waals surface area contributed by atoms with E-state index in [9.17, 15) is 0 Å². The van der Waals surface area contributed by atoms with Gasteiger partial charge in [-0.25, -0.2) is 0 Å². The van der Waals surface area contributed by atoms with Crippen LogP contribution in [-0.4, -0.2) is 0 Å². The van der Waals surface area contributed by atoms with Crippen LogP contribution in [0, 0.1) is 0 Å². The molecule has 0 saturated carbocycles. The van der Waals surface area contributed by atoms with Gasteiger partial charge in [-0.1, -0.05) is 182 Å². The fraction of sp³-hybridized carbons (Fsp3) is 0.0169. The molecule has 0 bridgehead atoms. The van der Waals surface area contributed by atoms with Crippen molar-refractivity contribution < 1.29 is 4.42 Å². The summed E-state index contributed by atoms with van der Waals surface area (Å²) in [6, 6.07) is 82.3. The largest absolute Gasteiger partial charge is 0.455 e. The van der Waals surface area contributed by atoms with Crippen LogP contribution >= 0.6 is 0 Å². The van der Waals surface area contributed by atoms with E-state index >= 15 is 0 Å². The Balaban J connectivity index is 1.11. The van der Waals surface area contributed by atoms with Crippen LogP contribution in [0.4, 0.5) is 17.1 Å². The summed E-state index contributed by atoms with van der Waals surface area (Å²) in [5.41, 5.74) is 19.6. The molecule has 284 valence electrons. The van der Waals surface area contributed by atoms with Crippen LogP contribution < -0.4 is 4.90 Å². The highest BCUT2D eigenvalue weighted by molar-refractivity contribution is 6.17. The topological polar surface area (TPSA) is 16.4 Å². The number of fused-ring (bicyclic) bond motifs is 15. The molecule has 13 rings (SSSR count). The lowest BCUT2D eigenvalue weighted by atomic mass is 9.70. The van der Waals surface area contributed by atoms with Crippen LogP contribution in [0.1, 0.15) is 22.3 Å². The quantitative estimate of drug-likeness (QED) is 0.173. The standard InChI is InChI=1S/C59H37NO/c1-3-15-38(16-4-1)39-27-30-42(31-28-39)60(56-37-57-51(36-50(56)40-17-5-2-6-18-40)49-33-29-41-19-7-8-20-44(41)58(49)61-57)43-32-34-48-47-23-11-14-26-54(47)59(55(48)35-43)52-24-12-9-21-45(52)46-22-10-13-25-53(46)59/h1-37H. The summed E-state index contributed by atoms with van der Waals surface area (Å²) in [5, 5.41) is 4.51. The second-order valence-electron chi connectivity index (χ2n) is 16.4. The molecule has 0 fully saturated rings. The lowest BCUT2D eigenvalue weighted by molar-refractivity contribution is 0.673. The highest BCUT2D eigenvalue weighted by atomic mass is 16.3. The molecule has 0 atom stereocenters. The van der Waals surface area contributed by atoms with Gasteiger partial charge in [0.1, 0.15) is 11.2 Å². The summed E-state index contributed by atoms with van der Waals surface area (Å²) in [4.78, 5) is 2.45. The van der Waals surface area contributed by atoms with Gasteiger partial charge in [0.15, 0.2) is 0 Å². The Bertz CT molecular complexity index is 3460. The molecule has 1 spiro atoms. The summed E-state index contributed by atoms with van der Waals surface area (Å²) in [6.07, 6.45) is 0. The average molecular weight is 776 g/mol. The molecular formula is C59H37NO. The van der Waals surface area contributed by atoms with Crippen LogP contribution in [0.3, 0.4) is 0 Å². The number of hydrogen-bond donors (Lipinski definition) is 0. The van der Waals surface area contributed by atoms with Gasteiger partial charge < -0.3 is 9.32 Å². The molecule has 0 amide bonds.